The number of ether oxygens (including phenoxy) is 7. The summed E-state index contributed by atoms with van der Waals surface area (Å²) in [4.78, 5) is 2.64. The first-order chi connectivity index (χ1) is 15.2. The maximum Gasteiger partial charge on any atom is 0.187 e. The van der Waals surface area contributed by atoms with Crippen LogP contribution in [0.3, 0.4) is 0 Å². The van der Waals surface area contributed by atoms with Crippen LogP contribution in [0.25, 0.3) is 10.4 Å². The van der Waals surface area contributed by atoms with Gasteiger partial charge in [0.15, 0.2) is 12.6 Å². The number of hydrogen-bond donors (Lipinski definition) is 1. The van der Waals surface area contributed by atoms with Crippen molar-refractivity contribution >= 4 is 0 Å². The molecule has 0 radical (unpaired) electrons. The molecule has 6 atom stereocenters. The monoisotopic (exact) mass is 439 g/mol. The molecule has 11 heteroatoms. The highest BCUT2D eigenvalue weighted by atomic mass is 16.8. The number of nitrogens with zero attached hydrogens (tertiary/aromatic N) is 3. The molecule has 0 bridgehead atoms. The summed E-state index contributed by atoms with van der Waals surface area (Å²) < 4.78 is 39.6. The van der Waals surface area contributed by atoms with Crippen LogP contribution in [-0.2, 0) is 33.2 Å². The van der Waals surface area contributed by atoms with Crippen molar-refractivity contribution in [3.63, 3.8) is 0 Å². The Hall–Kier alpha value is -1.79. The third-order valence-electron chi connectivity index (χ3n) is 4.93. The van der Waals surface area contributed by atoms with Gasteiger partial charge in [-0.25, -0.2) is 0 Å². The predicted molar refractivity (Wildman–Crippen MR) is 107 cm³/mol. The van der Waals surface area contributed by atoms with Gasteiger partial charge in [-0.3, -0.25) is 0 Å². The molecular formula is C20H29N3O8. The number of aliphatic hydroxyl groups is 1. The van der Waals surface area contributed by atoms with E-state index in [1.54, 1.807) is 0 Å². The largest absolute Gasteiger partial charge is 0.387 e. The molecule has 0 saturated carbocycles. The molecule has 0 spiro atoms. The lowest BCUT2D eigenvalue weighted by Gasteiger charge is -2.47. The fraction of sp³-hybridized carbons (Fsp3) is 0.700. The van der Waals surface area contributed by atoms with E-state index >= 15 is 0 Å². The minimum Gasteiger partial charge on any atom is -0.387 e. The third-order valence-corrected chi connectivity index (χ3v) is 4.93. The van der Waals surface area contributed by atoms with Gasteiger partial charge in [-0.05, 0) is 5.53 Å². The van der Waals surface area contributed by atoms with E-state index in [4.69, 9.17) is 38.7 Å². The number of azide groups is 1. The number of hydrogen-bond acceptors (Lipinski definition) is 9. The van der Waals surface area contributed by atoms with Gasteiger partial charge in [0.05, 0.1) is 39.6 Å². The van der Waals surface area contributed by atoms with Crippen molar-refractivity contribution in [3.05, 3.63) is 46.3 Å². The fourth-order valence-electron chi connectivity index (χ4n) is 3.43. The average molecular weight is 439 g/mol. The van der Waals surface area contributed by atoms with Gasteiger partial charge in [0.2, 0.25) is 0 Å². The highest BCUT2D eigenvalue weighted by molar-refractivity contribution is 5.16. The van der Waals surface area contributed by atoms with Crippen LogP contribution in [-0.4, -0.2) is 89.1 Å². The fourth-order valence-corrected chi connectivity index (χ4v) is 3.43. The summed E-state index contributed by atoms with van der Waals surface area (Å²) in [5, 5.41) is 14.2. The summed E-state index contributed by atoms with van der Waals surface area (Å²) in [5.74, 6) is 0. The summed E-state index contributed by atoms with van der Waals surface area (Å²) in [6.45, 7) is 2.26. The molecule has 2 aliphatic heterocycles. The summed E-state index contributed by atoms with van der Waals surface area (Å²) in [5.41, 5.74) is 9.04. The van der Waals surface area contributed by atoms with E-state index in [-0.39, 0.29) is 13.2 Å². The minimum absolute atomic E-state index is 0.252. The first-order valence-electron chi connectivity index (χ1n) is 10.2. The molecule has 11 nitrogen and oxygen atoms in total. The molecular weight excluding hydrogens is 410 g/mol. The van der Waals surface area contributed by atoms with Crippen LogP contribution in [0.1, 0.15) is 11.9 Å². The lowest BCUT2D eigenvalue weighted by molar-refractivity contribution is -0.364. The summed E-state index contributed by atoms with van der Waals surface area (Å²) >= 11 is 0. The van der Waals surface area contributed by atoms with Crippen LogP contribution in [0.5, 0.6) is 0 Å². The Bertz CT molecular complexity index is 690. The van der Waals surface area contributed by atoms with E-state index < -0.39 is 37.0 Å². The molecule has 2 heterocycles. The second-order valence-electron chi connectivity index (χ2n) is 6.96. The zero-order valence-corrected chi connectivity index (χ0v) is 17.4. The summed E-state index contributed by atoms with van der Waals surface area (Å²) in [6, 6.07) is 9.54. The van der Waals surface area contributed by atoms with E-state index in [9.17, 15) is 5.11 Å². The standard InChI is InChI=1S/C20H29N3O8/c1-25-18-16(24)17-15(13-29-19(31-17)14-5-3-2-4-6-14)30-20(18)28-12-11-27-10-9-26-8-7-22-23-21/h2-6,15-20,24H,7-13H2,1H3/t15-,16+,17-,18+,19?,20+/m1/s1. The second kappa shape index (κ2) is 12.9. The second-order valence-corrected chi connectivity index (χ2v) is 6.96. The first kappa shape index (κ1) is 23.9. The van der Waals surface area contributed by atoms with Gasteiger partial charge in [-0.2, -0.15) is 0 Å². The molecule has 1 N–H and O–H groups in total. The van der Waals surface area contributed by atoms with Crippen LogP contribution in [0.4, 0.5) is 0 Å². The molecule has 0 amide bonds. The Morgan fingerprint density at radius 2 is 1.84 bits per heavy atom. The number of fused-ring (bicyclic) bond motifs is 1. The van der Waals surface area contributed by atoms with Gasteiger partial charge < -0.3 is 38.3 Å². The minimum atomic E-state index is -0.936. The van der Waals surface area contributed by atoms with Gasteiger partial charge in [-0.15, -0.1) is 0 Å². The molecule has 172 valence electrons. The normalized spacial score (nSPS) is 30.4. The van der Waals surface area contributed by atoms with Crippen LogP contribution < -0.4 is 0 Å². The van der Waals surface area contributed by atoms with Crippen molar-refractivity contribution in [2.24, 2.45) is 5.11 Å². The Morgan fingerprint density at radius 1 is 1.10 bits per heavy atom. The lowest BCUT2D eigenvalue weighted by atomic mass is 9.97. The molecule has 2 aliphatic rings. The number of aliphatic hydroxyl groups excluding tert-OH is 1. The molecule has 0 aliphatic carbocycles. The Labute approximate surface area is 180 Å². The average Bonchev–Trinajstić information content (AvgIpc) is 2.81. The molecule has 0 aromatic heterocycles. The van der Waals surface area contributed by atoms with Crippen LogP contribution >= 0.6 is 0 Å². The van der Waals surface area contributed by atoms with Crippen LogP contribution in [0.15, 0.2) is 35.4 Å². The summed E-state index contributed by atoms with van der Waals surface area (Å²) in [7, 11) is 1.49. The van der Waals surface area contributed by atoms with Gasteiger partial charge >= 0.3 is 0 Å². The lowest BCUT2D eigenvalue weighted by Crippen LogP contribution is -2.62. The van der Waals surface area contributed by atoms with Crippen molar-refractivity contribution < 1.29 is 38.3 Å². The number of benzene rings is 1. The maximum atomic E-state index is 10.8. The zero-order valence-electron chi connectivity index (χ0n) is 17.4. The number of rotatable bonds is 12. The van der Waals surface area contributed by atoms with Crippen LogP contribution in [0.2, 0.25) is 0 Å². The van der Waals surface area contributed by atoms with Crippen LogP contribution in [0, 0.1) is 0 Å². The van der Waals surface area contributed by atoms with Gasteiger partial charge in [0.25, 0.3) is 0 Å². The Balaban J connectivity index is 1.40. The Morgan fingerprint density at radius 3 is 2.58 bits per heavy atom. The smallest absolute Gasteiger partial charge is 0.187 e. The van der Waals surface area contributed by atoms with Crippen molar-refractivity contribution in [3.8, 4) is 0 Å². The highest BCUT2D eigenvalue weighted by Gasteiger charge is 2.50. The highest BCUT2D eigenvalue weighted by Crippen LogP contribution is 2.35. The molecule has 31 heavy (non-hydrogen) atoms. The third kappa shape index (κ3) is 6.84. The summed E-state index contributed by atoms with van der Waals surface area (Å²) in [6.07, 6.45) is -4.06. The molecule has 2 saturated heterocycles. The van der Waals surface area contributed by atoms with E-state index in [1.165, 1.54) is 7.11 Å². The SMILES string of the molecule is CO[C@@H]1[C@@H](OCCOCCOCCN=[N+]=[N-])O[C@@H]2COC(c3ccccc3)O[C@H]2[C@@H]1O. The van der Waals surface area contributed by atoms with Gasteiger partial charge in [-0.1, -0.05) is 35.4 Å². The zero-order chi connectivity index (χ0) is 21.9. The predicted octanol–water partition coefficient (Wildman–Crippen LogP) is 1.56. The van der Waals surface area contributed by atoms with Crippen molar-refractivity contribution in [1.29, 1.82) is 0 Å². The molecule has 1 aromatic carbocycles. The number of methoxy groups -OCH3 is 1. The quantitative estimate of drug-likeness (QED) is 0.224. The van der Waals surface area contributed by atoms with E-state index in [0.717, 1.165) is 5.56 Å². The molecule has 1 aromatic rings. The van der Waals surface area contributed by atoms with Crippen molar-refractivity contribution in [2.45, 2.75) is 37.0 Å². The van der Waals surface area contributed by atoms with Gasteiger partial charge in [0.1, 0.15) is 24.4 Å². The maximum absolute atomic E-state index is 10.8. The van der Waals surface area contributed by atoms with E-state index in [1.807, 2.05) is 30.3 Å². The van der Waals surface area contributed by atoms with Crippen molar-refractivity contribution in [2.75, 3.05) is 53.3 Å². The molecule has 1 unspecified atom stereocenters. The Kier molecular flexibility index (Phi) is 9.94. The van der Waals surface area contributed by atoms with E-state index in [2.05, 4.69) is 10.0 Å². The first-order valence-corrected chi connectivity index (χ1v) is 10.2. The van der Waals surface area contributed by atoms with E-state index in [0.29, 0.717) is 33.0 Å². The van der Waals surface area contributed by atoms with Gasteiger partial charge in [0, 0.05) is 24.1 Å². The molecule has 3 rings (SSSR count). The van der Waals surface area contributed by atoms with Crippen molar-refractivity contribution in [1.82, 2.24) is 0 Å². The molecule has 2 fully saturated rings. The topological polar surface area (TPSA) is 134 Å².